The van der Waals surface area contributed by atoms with Gasteiger partial charge < -0.3 is 20.0 Å². The van der Waals surface area contributed by atoms with Crippen molar-refractivity contribution < 1.29 is 38.3 Å². The van der Waals surface area contributed by atoms with Gasteiger partial charge in [0.05, 0.1) is 6.61 Å². The van der Waals surface area contributed by atoms with Gasteiger partial charge in [-0.15, -0.1) is 5.06 Å². The van der Waals surface area contributed by atoms with Crippen molar-refractivity contribution in [2.45, 2.75) is 58.6 Å². The molecule has 1 aliphatic heterocycles. The van der Waals surface area contributed by atoms with E-state index in [4.69, 9.17) is 15.2 Å². The molecule has 1 saturated heterocycles. The Bertz CT molecular complexity index is 559. The SMILES string of the molecule is CC(C)COC(=O)CC[C@H](N)C(=O)O[C@@H](C)C(=O)ON1C(=O)CCC1=O. The molecule has 1 heterocycles. The Morgan fingerprint density at radius 2 is 1.65 bits per heavy atom. The van der Waals surface area contributed by atoms with E-state index in [1.54, 1.807) is 0 Å². The number of esters is 2. The average Bonchev–Trinajstić information content (AvgIpc) is 2.89. The second-order valence-electron chi connectivity index (χ2n) is 6.29. The van der Waals surface area contributed by atoms with Crippen molar-refractivity contribution in [3.8, 4) is 0 Å². The highest BCUT2D eigenvalue weighted by Gasteiger charge is 2.35. The van der Waals surface area contributed by atoms with Crippen molar-refractivity contribution in [3.63, 3.8) is 0 Å². The Balaban J connectivity index is 2.38. The molecule has 0 bridgehead atoms. The Morgan fingerprint density at radius 3 is 2.19 bits per heavy atom. The molecule has 0 aliphatic carbocycles. The lowest BCUT2D eigenvalue weighted by Gasteiger charge is -2.18. The Morgan fingerprint density at radius 1 is 1.08 bits per heavy atom. The number of carbonyl (C=O) groups is 5. The number of hydroxylamine groups is 2. The van der Waals surface area contributed by atoms with Crippen LogP contribution in [-0.4, -0.2) is 53.5 Å². The zero-order valence-electron chi connectivity index (χ0n) is 15.1. The lowest BCUT2D eigenvalue weighted by Crippen LogP contribution is -2.40. The van der Waals surface area contributed by atoms with Crippen molar-refractivity contribution in [1.29, 1.82) is 0 Å². The highest BCUT2D eigenvalue weighted by atomic mass is 16.7. The van der Waals surface area contributed by atoms with Crippen LogP contribution < -0.4 is 5.73 Å². The molecule has 1 aliphatic rings. The summed E-state index contributed by atoms with van der Waals surface area (Å²) in [4.78, 5) is 62.5. The van der Waals surface area contributed by atoms with Gasteiger partial charge in [-0.2, -0.15) is 0 Å². The van der Waals surface area contributed by atoms with Crippen LogP contribution in [-0.2, 0) is 38.3 Å². The van der Waals surface area contributed by atoms with E-state index in [1.165, 1.54) is 6.92 Å². The van der Waals surface area contributed by atoms with Crippen LogP contribution >= 0.6 is 0 Å². The van der Waals surface area contributed by atoms with Gasteiger partial charge in [-0.1, -0.05) is 13.8 Å². The molecule has 0 spiro atoms. The first-order valence-electron chi connectivity index (χ1n) is 8.31. The summed E-state index contributed by atoms with van der Waals surface area (Å²) in [5.41, 5.74) is 5.62. The zero-order chi connectivity index (χ0) is 19.9. The molecule has 2 N–H and O–H groups in total. The molecular weight excluding hydrogens is 348 g/mol. The van der Waals surface area contributed by atoms with Gasteiger partial charge in [0.2, 0.25) is 0 Å². The minimum absolute atomic E-state index is 0.0133. The normalized spacial score (nSPS) is 16.4. The number of amides is 2. The summed E-state index contributed by atoms with van der Waals surface area (Å²) in [5, 5.41) is 0.358. The lowest BCUT2D eigenvalue weighted by molar-refractivity contribution is -0.205. The number of rotatable bonds is 9. The number of hydrogen-bond donors (Lipinski definition) is 1. The fraction of sp³-hybridized carbons (Fsp3) is 0.688. The third-order valence-corrected chi connectivity index (χ3v) is 3.35. The largest absolute Gasteiger partial charge is 0.465 e. The number of imide groups is 1. The first kappa shape index (κ1) is 21.6. The molecule has 1 rings (SSSR count). The average molecular weight is 372 g/mol. The summed E-state index contributed by atoms with van der Waals surface area (Å²) in [5.74, 6) is -3.56. The van der Waals surface area contributed by atoms with Gasteiger partial charge in [-0.05, 0) is 19.3 Å². The maximum absolute atomic E-state index is 11.8. The van der Waals surface area contributed by atoms with Crippen molar-refractivity contribution >= 4 is 29.7 Å². The molecule has 146 valence electrons. The van der Waals surface area contributed by atoms with Crippen LogP contribution in [0.2, 0.25) is 0 Å². The second kappa shape index (κ2) is 9.85. The molecular formula is C16H24N2O8. The van der Waals surface area contributed by atoms with E-state index >= 15 is 0 Å². The first-order chi connectivity index (χ1) is 12.1. The van der Waals surface area contributed by atoms with Gasteiger partial charge in [-0.25, -0.2) is 4.79 Å². The van der Waals surface area contributed by atoms with E-state index in [2.05, 4.69) is 4.84 Å². The molecule has 26 heavy (non-hydrogen) atoms. The Labute approximate surface area is 150 Å². The van der Waals surface area contributed by atoms with Gasteiger partial charge >= 0.3 is 17.9 Å². The maximum atomic E-state index is 11.8. The third kappa shape index (κ3) is 6.79. The van der Waals surface area contributed by atoms with Crippen LogP contribution in [0.3, 0.4) is 0 Å². The molecule has 0 aromatic heterocycles. The minimum Gasteiger partial charge on any atom is -0.465 e. The quantitative estimate of drug-likeness (QED) is 0.431. The van der Waals surface area contributed by atoms with E-state index in [0.29, 0.717) is 5.06 Å². The zero-order valence-corrected chi connectivity index (χ0v) is 15.1. The molecule has 10 heteroatoms. The van der Waals surface area contributed by atoms with Crippen LogP contribution in [0, 0.1) is 5.92 Å². The number of hydrogen-bond acceptors (Lipinski definition) is 9. The van der Waals surface area contributed by atoms with E-state index in [1.807, 2.05) is 13.8 Å². The maximum Gasteiger partial charge on any atom is 0.373 e. The van der Waals surface area contributed by atoms with Gasteiger partial charge in [0.15, 0.2) is 6.10 Å². The molecule has 0 unspecified atom stereocenters. The van der Waals surface area contributed by atoms with Crippen LogP contribution in [0.25, 0.3) is 0 Å². The molecule has 1 fully saturated rings. The van der Waals surface area contributed by atoms with Crippen LogP contribution in [0.4, 0.5) is 0 Å². The summed E-state index contributed by atoms with van der Waals surface area (Å²) in [6.45, 7) is 5.27. The van der Waals surface area contributed by atoms with Crippen LogP contribution in [0.5, 0.6) is 0 Å². The smallest absolute Gasteiger partial charge is 0.373 e. The fourth-order valence-electron chi connectivity index (χ4n) is 1.85. The number of ether oxygens (including phenoxy) is 2. The summed E-state index contributed by atoms with van der Waals surface area (Å²) >= 11 is 0. The van der Waals surface area contributed by atoms with Crippen LogP contribution in [0.1, 0.15) is 46.5 Å². The number of carbonyl (C=O) groups excluding carboxylic acids is 5. The predicted octanol–water partition coefficient (Wildman–Crippen LogP) is -0.168. The summed E-state index contributed by atoms with van der Waals surface area (Å²) in [7, 11) is 0. The summed E-state index contributed by atoms with van der Waals surface area (Å²) < 4.78 is 9.80. The summed E-state index contributed by atoms with van der Waals surface area (Å²) in [6.07, 6.45) is -1.54. The number of nitrogens with zero attached hydrogens (tertiary/aromatic N) is 1. The first-order valence-corrected chi connectivity index (χ1v) is 8.31. The van der Waals surface area contributed by atoms with Crippen molar-refractivity contribution in [3.05, 3.63) is 0 Å². The van der Waals surface area contributed by atoms with Crippen molar-refractivity contribution in [2.24, 2.45) is 11.7 Å². The predicted molar refractivity (Wildman–Crippen MR) is 85.7 cm³/mol. The fourth-order valence-corrected chi connectivity index (χ4v) is 1.85. The molecule has 0 radical (unpaired) electrons. The van der Waals surface area contributed by atoms with Gasteiger partial charge in [-0.3, -0.25) is 19.2 Å². The standard InChI is InChI=1S/C16H24N2O8/c1-9(2)8-24-14(21)7-4-11(17)16(23)25-10(3)15(22)26-18-12(19)5-6-13(18)20/h9-11H,4-8,17H2,1-3H3/t10-,11-/m0/s1. The van der Waals surface area contributed by atoms with Crippen molar-refractivity contribution in [2.75, 3.05) is 6.61 Å². The van der Waals surface area contributed by atoms with E-state index < -0.39 is 41.9 Å². The minimum atomic E-state index is -1.37. The van der Waals surface area contributed by atoms with Gasteiger partial charge in [0.25, 0.3) is 11.8 Å². The van der Waals surface area contributed by atoms with Gasteiger partial charge in [0.1, 0.15) is 6.04 Å². The topological polar surface area (TPSA) is 142 Å². The monoisotopic (exact) mass is 372 g/mol. The van der Waals surface area contributed by atoms with Gasteiger partial charge in [0, 0.05) is 19.3 Å². The molecule has 0 aromatic carbocycles. The number of nitrogens with two attached hydrogens (primary N) is 1. The molecule has 10 nitrogen and oxygen atoms in total. The van der Waals surface area contributed by atoms with Crippen LogP contribution in [0.15, 0.2) is 0 Å². The highest BCUT2D eigenvalue weighted by molar-refractivity contribution is 6.01. The van der Waals surface area contributed by atoms with Crippen molar-refractivity contribution in [1.82, 2.24) is 5.06 Å². The highest BCUT2D eigenvalue weighted by Crippen LogP contribution is 2.13. The molecule has 2 amide bonds. The second-order valence-corrected chi connectivity index (χ2v) is 6.29. The molecule has 0 saturated carbocycles. The van der Waals surface area contributed by atoms with E-state index in [0.717, 1.165) is 0 Å². The van der Waals surface area contributed by atoms with E-state index in [-0.39, 0.29) is 38.2 Å². The molecule has 0 aromatic rings. The molecule has 2 atom stereocenters. The van der Waals surface area contributed by atoms with E-state index in [9.17, 15) is 24.0 Å². The lowest BCUT2D eigenvalue weighted by atomic mass is 10.1. The summed E-state index contributed by atoms with van der Waals surface area (Å²) in [6, 6.07) is -1.13. The Hall–Kier alpha value is -2.49. The third-order valence-electron chi connectivity index (χ3n) is 3.35. The Kier molecular flexibility index (Phi) is 8.17.